The van der Waals surface area contributed by atoms with Gasteiger partial charge < -0.3 is 4.74 Å². The van der Waals surface area contributed by atoms with Gasteiger partial charge in [-0.05, 0) is 19.4 Å². The Morgan fingerprint density at radius 3 is 2.24 bits per heavy atom. The summed E-state index contributed by atoms with van der Waals surface area (Å²) in [5.74, 6) is -0.738. The van der Waals surface area contributed by atoms with Crippen LogP contribution in [-0.4, -0.2) is 18.9 Å². The highest BCUT2D eigenvalue weighted by Gasteiger charge is 2.40. The van der Waals surface area contributed by atoms with Gasteiger partial charge in [0.1, 0.15) is 5.41 Å². The van der Waals surface area contributed by atoms with Crippen LogP contribution in [0.2, 0.25) is 0 Å². The third-order valence-corrected chi connectivity index (χ3v) is 3.58. The summed E-state index contributed by atoms with van der Waals surface area (Å²) in [6, 6.07) is 9.25. The highest BCUT2D eigenvalue weighted by molar-refractivity contribution is 9.09. The first-order valence-electron chi connectivity index (χ1n) is 5.23. The SMILES string of the molecule is COC(=O)C(C)(C)C(=O)[C@H](Br)c1ccccc1. The van der Waals surface area contributed by atoms with Gasteiger partial charge >= 0.3 is 5.97 Å². The smallest absolute Gasteiger partial charge is 0.318 e. The number of ether oxygens (including phenoxy) is 1. The van der Waals surface area contributed by atoms with Crippen molar-refractivity contribution < 1.29 is 14.3 Å². The fourth-order valence-electron chi connectivity index (χ4n) is 1.45. The summed E-state index contributed by atoms with van der Waals surface area (Å²) in [6.45, 7) is 3.14. The van der Waals surface area contributed by atoms with Crippen molar-refractivity contribution in [3.05, 3.63) is 35.9 Å². The predicted molar refractivity (Wildman–Crippen MR) is 68.9 cm³/mol. The van der Waals surface area contributed by atoms with Crippen LogP contribution in [0.4, 0.5) is 0 Å². The molecule has 0 aliphatic heterocycles. The largest absolute Gasteiger partial charge is 0.468 e. The maximum Gasteiger partial charge on any atom is 0.318 e. The van der Waals surface area contributed by atoms with Crippen LogP contribution in [0.3, 0.4) is 0 Å². The summed E-state index contributed by atoms with van der Waals surface area (Å²) in [5.41, 5.74) is -0.326. The number of esters is 1. The molecule has 0 heterocycles. The minimum Gasteiger partial charge on any atom is -0.468 e. The first kappa shape index (κ1) is 13.9. The standard InChI is InChI=1S/C13H15BrO3/c1-13(2,12(16)17-3)11(15)10(14)9-7-5-4-6-8-9/h4-8,10H,1-3H3/t10-/m1/s1. The molecular weight excluding hydrogens is 284 g/mol. The normalized spacial score (nSPS) is 12.9. The molecule has 0 aliphatic rings. The average Bonchev–Trinajstić information content (AvgIpc) is 2.36. The molecule has 1 aromatic rings. The molecule has 0 aromatic heterocycles. The van der Waals surface area contributed by atoms with Gasteiger partial charge in [-0.3, -0.25) is 9.59 Å². The number of methoxy groups -OCH3 is 1. The molecular formula is C13H15BrO3. The number of alkyl halides is 1. The fraction of sp³-hybridized carbons (Fsp3) is 0.385. The Morgan fingerprint density at radius 1 is 1.24 bits per heavy atom. The highest BCUT2D eigenvalue weighted by Crippen LogP contribution is 2.33. The summed E-state index contributed by atoms with van der Waals surface area (Å²) in [6.07, 6.45) is 0. The molecule has 1 rings (SSSR count). The number of halogens is 1. The molecule has 1 atom stereocenters. The lowest BCUT2D eigenvalue weighted by molar-refractivity contribution is -0.155. The Balaban J connectivity index is 2.95. The molecule has 0 saturated heterocycles. The number of benzene rings is 1. The van der Waals surface area contributed by atoms with Crippen molar-refractivity contribution in [3.8, 4) is 0 Å². The van der Waals surface area contributed by atoms with E-state index >= 15 is 0 Å². The van der Waals surface area contributed by atoms with Gasteiger partial charge in [0.05, 0.1) is 11.9 Å². The van der Waals surface area contributed by atoms with Gasteiger partial charge in [-0.1, -0.05) is 46.3 Å². The van der Waals surface area contributed by atoms with Crippen molar-refractivity contribution in [2.24, 2.45) is 5.41 Å². The molecule has 0 radical (unpaired) electrons. The topological polar surface area (TPSA) is 43.4 Å². The Hall–Kier alpha value is -1.16. The molecule has 0 bridgehead atoms. The van der Waals surface area contributed by atoms with Crippen molar-refractivity contribution >= 4 is 27.7 Å². The molecule has 1 aromatic carbocycles. The second-order valence-corrected chi connectivity index (χ2v) is 5.17. The highest BCUT2D eigenvalue weighted by atomic mass is 79.9. The van der Waals surface area contributed by atoms with Gasteiger partial charge in [0, 0.05) is 0 Å². The third-order valence-electron chi connectivity index (χ3n) is 2.63. The minimum absolute atomic E-state index is 0.212. The predicted octanol–water partition coefficient (Wildman–Crippen LogP) is 2.89. The van der Waals surface area contributed by atoms with Crippen LogP contribution in [0.1, 0.15) is 24.2 Å². The quantitative estimate of drug-likeness (QED) is 0.488. The lowest BCUT2D eigenvalue weighted by atomic mass is 9.85. The van der Waals surface area contributed by atoms with Crippen molar-refractivity contribution in [3.63, 3.8) is 0 Å². The van der Waals surface area contributed by atoms with Gasteiger partial charge in [-0.25, -0.2) is 0 Å². The Morgan fingerprint density at radius 2 is 1.76 bits per heavy atom. The van der Waals surface area contributed by atoms with Crippen LogP contribution in [0, 0.1) is 5.41 Å². The summed E-state index contributed by atoms with van der Waals surface area (Å²) >= 11 is 3.33. The molecule has 3 nitrogen and oxygen atoms in total. The maximum atomic E-state index is 12.2. The summed E-state index contributed by atoms with van der Waals surface area (Å²) in [4.78, 5) is 23.3. The number of Topliss-reactive ketones (excluding diaryl/α,β-unsaturated/α-hetero) is 1. The molecule has 4 heteroatoms. The van der Waals surface area contributed by atoms with E-state index in [1.165, 1.54) is 7.11 Å². The number of hydrogen-bond donors (Lipinski definition) is 0. The summed E-state index contributed by atoms with van der Waals surface area (Å²) in [7, 11) is 1.28. The number of carbonyl (C=O) groups is 2. The number of carbonyl (C=O) groups excluding carboxylic acids is 2. The van der Waals surface area contributed by atoms with E-state index < -0.39 is 16.2 Å². The Bertz CT molecular complexity index is 412. The zero-order valence-corrected chi connectivity index (χ0v) is 11.7. The van der Waals surface area contributed by atoms with Crippen molar-refractivity contribution in [2.45, 2.75) is 18.7 Å². The molecule has 0 unspecified atom stereocenters. The lowest BCUT2D eigenvalue weighted by Gasteiger charge is -2.23. The van der Waals surface area contributed by atoms with E-state index in [0.717, 1.165) is 5.56 Å². The Labute approximate surface area is 109 Å². The monoisotopic (exact) mass is 298 g/mol. The first-order valence-corrected chi connectivity index (χ1v) is 6.14. The van der Waals surface area contributed by atoms with Gasteiger partial charge in [0.2, 0.25) is 0 Å². The average molecular weight is 299 g/mol. The van der Waals surface area contributed by atoms with E-state index in [1.807, 2.05) is 30.3 Å². The molecule has 0 aliphatic carbocycles. The fourth-order valence-corrected chi connectivity index (χ4v) is 2.32. The maximum absolute atomic E-state index is 12.2. The van der Waals surface area contributed by atoms with Crippen molar-refractivity contribution in [1.29, 1.82) is 0 Å². The number of hydrogen-bond acceptors (Lipinski definition) is 3. The van der Waals surface area contributed by atoms with Crippen LogP contribution in [0.25, 0.3) is 0 Å². The van der Waals surface area contributed by atoms with Gasteiger partial charge in [-0.2, -0.15) is 0 Å². The van der Waals surface area contributed by atoms with Gasteiger partial charge in [0.25, 0.3) is 0 Å². The van der Waals surface area contributed by atoms with Crippen LogP contribution >= 0.6 is 15.9 Å². The molecule has 0 N–H and O–H groups in total. The summed E-state index contributed by atoms with van der Waals surface area (Å²) < 4.78 is 4.64. The van der Waals surface area contributed by atoms with E-state index in [2.05, 4.69) is 20.7 Å². The minimum atomic E-state index is -1.15. The van der Waals surface area contributed by atoms with Gasteiger partial charge in [0.15, 0.2) is 5.78 Å². The van der Waals surface area contributed by atoms with Crippen LogP contribution in [-0.2, 0) is 14.3 Å². The summed E-state index contributed by atoms with van der Waals surface area (Å²) in [5, 5.41) is 0. The molecule has 0 amide bonds. The van der Waals surface area contributed by atoms with Crippen LogP contribution in [0.15, 0.2) is 30.3 Å². The zero-order chi connectivity index (χ0) is 13.1. The van der Waals surface area contributed by atoms with E-state index in [9.17, 15) is 9.59 Å². The first-order chi connectivity index (χ1) is 7.91. The second kappa shape index (κ2) is 5.45. The van der Waals surface area contributed by atoms with E-state index in [0.29, 0.717) is 0 Å². The zero-order valence-electron chi connectivity index (χ0n) is 10.1. The Kier molecular flexibility index (Phi) is 4.46. The molecule has 0 saturated carbocycles. The van der Waals surface area contributed by atoms with Crippen molar-refractivity contribution in [1.82, 2.24) is 0 Å². The van der Waals surface area contributed by atoms with E-state index in [4.69, 9.17) is 0 Å². The van der Waals surface area contributed by atoms with E-state index in [-0.39, 0.29) is 5.78 Å². The molecule has 0 fully saturated rings. The molecule has 0 spiro atoms. The number of rotatable bonds is 4. The van der Waals surface area contributed by atoms with E-state index in [1.54, 1.807) is 13.8 Å². The third kappa shape index (κ3) is 2.94. The molecule has 92 valence electrons. The number of ketones is 1. The van der Waals surface area contributed by atoms with Crippen LogP contribution < -0.4 is 0 Å². The second-order valence-electron chi connectivity index (χ2n) is 4.25. The lowest BCUT2D eigenvalue weighted by Crippen LogP contribution is -2.36. The van der Waals surface area contributed by atoms with Gasteiger partial charge in [-0.15, -0.1) is 0 Å². The van der Waals surface area contributed by atoms with Crippen LogP contribution in [0.5, 0.6) is 0 Å². The van der Waals surface area contributed by atoms with Crippen molar-refractivity contribution in [2.75, 3.05) is 7.11 Å². The molecule has 17 heavy (non-hydrogen) atoms.